The van der Waals surface area contributed by atoms with Crippen LogP contribution in [-0.4, -0.2) is 45.7 Å². The number of benzene rings is 1. The zero-order chi connectivity index (χ0) is 15.6. The van der Waals surface area contributed by atoms with Gasteiger partial charge in [-0.05, 0) is 50.8 Å². The Labute approximate surface area is 125 Å². The van der Waals surface area contributed by atoms with E-state index in [9.17, 15) is 13.6 Å². The molecular formula is C14H20N3O3S-. The lowest BCUT2D eigenvalue weighted by Gasteiger charge is -2.09. The molecule has 0 fully saturated rings. The van der Waals surface area contributed by atoms with Crippen LogP contribution >= 0.6 is 0 Å². The summed E-state index contributed by atoms with van der Waals surface area (Å²) in [6, 6.07) is 5.16. The van der Waals surface area contributed by atoms with Crippen LogP contribution in [0.4, 0.5) is 0 Å². The predicted octanol–water partition coefficient (Wildman–Crippen LogP) is 1.14. The van der Waals surface area contributed by atoms with Gasteiger partial charge in [-0.3, -0.25) is 0 Å². The number of aromatic nitrogens is 1. The van der Waals surface area contributed by atoms with Crippen molar-refractivity contribution in [3.63, 3.8) is 0 Å². The number of rotatable bonds is 6. The number of nitrogens with one attached hydrogen (secondary N) is 1. The molecule has 21 heavy (non-hydrogen) atoms. The Hall–Kier alpha value is -1.57. The molecule has 1 aromatic carbocycles. The van der Waals surface area contributed by atoms with Crippen molar-refractivity contribution in [2.45, 2.75) is 12.2 Å². The third-order valence-electron chi connectivity index (χ3n) is 3.41. The summed E-state index contributed by atoms with van der Waals surface area (Å²) >= 11 is 0. The van der Waals surface area contributed by atoms with E-state index in [4.69, 9.17) is 0 Å². The van der Waals surface area contributed by atoms with E-state index in [0.717, 1.165) is 28.6 Å². The molecule has 0 aliphatic rings. The summed E-state index contributed by atoms with van der Waals surface area (Å²) < 4.78 is 26.4. The van der Waals surface area contributed by atoms with Gasteiger partial charge in [-0.15, -0.1) is 0 Å². The summed E-state index contributed by atoms with van der Waals surface area (Å²) in [7, 11) is 2.02. The standard InChI is InChI=1S/C14H20N3O3S/c1-15-21(19,20)10-11-4-5-14-13(8-11)12(9-17(14)18)6-7-16(2)3/h4-5,8-9,15H,6-7,10H2,1-3H3/q-1. The van der Waals surface area contributed by atoms with Crippen LogP contribution in [0.15, 0.2) is 24.4 Å². The van der Waals surface area contributed by atoms with Gasteiger partial charge < -0.3 is 14.8 Å². The predicted molar refractivity (Wildman–Crippen MR) is 84.6 cm³/mol. The highest BCUT2D eigenvalue weighted by atomic mass is 32.2. The fourth-order valence-electron chi connectivity index (χ4n) is 2.24. The smallest absolute Gasteiger partial charge is 0.215 e. The fraction of sp³-hybridized carbons (Fsp3) is 0.429. The molecule has 0 radical (unpaired) electrons. The van der Waals surface area contributed by atoms with Crippen LogP contribution < -0.4 is 4.72 Å². The highest BCUT2D eigenvalue weighted by Crippen LogP contribution is 2.23. The molecule has 0 aliphatic carbocycles. The highest BCUT2D eigenvalue weighted by molar-refractivity contribution is 7.88. The monoisotopic (exact) mass is 310 g/mol. The molecule has 1 heterocycles. The number of sulfonamides is 1. The molecule has 0 saturated carbocycles. The van der Waals surface area contributed by atoms with Gasteiger partial charge in [0, 0.05) is 23.6 Å². The quantitative estimate of drug-likeness (QED) is 0.868. The first-order chi connectivity index (χ1) is 9.82. The van der Waals surface area contributed by atoms with Crippen LogP contribution in [0.1, 0.15) is 11.1 Å². The normalized spacial score (nSPS) is 12.4. The van der Waals surface area contributed by atoms with E-state index in [2.05, 4.69) is 4.72 Å². The first kappa shape index (κ1) is 15.8. The summed E-state index contributed by atoms with van der Waals surface area (Å²) in [5.41, 5.74) is 2.20. The molecule has 1 aromatic heterocycles. The van der Waals surface area contributed by atoms with Crippen LogP contribution in [0.2, 0.25) is 0 Å². The second kappa shape index (κ2) is 6.05. The van der Waals surface area contributed by atoms with Crippen LogP contribution in [0, 0.1) is 5.21 Å². The van der Waals surface area contributed by atoms with E-state index in [1.54, 1.807) is 24.4 Å². The summed E-state index contributed by atoms with van der Waals surface area (Å²) in [4.78, 5) is 2.04. The molecule has 2 rings (SSSR count). The Balaban J connectivity index is 2.38. The van der Waals surface area contributed by atoms with E-state index in [0.29, 0.717) is 11.1 Å². The van der Waals surface area contributed by atoms with E-state index < -0.39 is 10.0 Å². The van der Waals surface area contributed by atoms with Crippen molar-refractivity contribution in [3.05, 3.63) is 40.7 Å². The molecule has 0 bridgehead atoms. The average molecular weight is 310 g/mol. The summed E-state index contributed by atoms with van der Waals surface area (Å²) in [6.07, 6.45) is 2.32. The lowest BCUT2D eigenvalue weighted by atomic mass is 10.1. The topological polar surface area (TPSA) is 77.4 Å². The van der Waals surface area contributed by atoms with Gasteiger partial charge in [0.2, 0.25) is 10.0 Å². The summed E-state index contributed by atoms with van der Waals surface area (Å²) in [6.45, 7) is 0.832. The minimum Gasteiger partial charge on any atom is -0.806 e. The second-order valence-corrected chi connectivity index (χ2v) is 7.27. The van der Waals surface area contributed by atoms with Gasteiger partial charge in [0.15, 0.2) is 0 Å². The molecule has 116 valence electrons. The summed E-state index contributed by atoms with van der Waals surface area (Å²) in [5.74, 6) is -0.0867. The number of fused-ring (bicyclic) bond motifs is 1. The van der Waals surface area contributed by atoms with Crippen LogP contribution in [0.25, 0.3) is 10.9 Å². The first-order valence-corrected chi connectivity index (χ1v) is 8.34. The molecular weight excluding hydrogens is 290 g/mol. The maximum absolute atomic E-state index is 11.9. The molecule has 0 amide bonds. The number of nitrogens with zero attached hydrogens (tertiary/aromatic N) is 2. The maximum Gasteiger partial charge on any atom is 0.215 e. The first-order valence-electron chi connectivity index (χ1n) is 6.68. The van der Waals surface area contributed by atoms with Gasteiger partial charge in [0.05, 0.1) is 5.75 Å². The molecule has 0 atom stereocenters. The van der Waals surface area contributed by atoms with E-state index in [1.807, 2.05) is 19.0 Å². The van der Waals surface area contributed by atoms with E-state index in [1.165, 1.54) is 7.05 Å². The van der Waals surface area contributed by atoms with Gasteiger partial charge in [0.25, 0.3) is 0 Å². The maximum atomic E-state index is 11.9. The van der Waals surface area contributed by atoms with Gasteiger partial charge in [-0.25, -0.2) is 13.1 Å². The van der Waals surface area contributed by atoms with Crippen molar-refractivity contribution < 1.29 is 8.42 Å². The number of hydrogen-bond acceptors (Lipinski definition) is 4. The highest BCUT2D eigenvalue weighted by Gasteiger charge is 2.11. The molecule has 6 nitrogen and oxygen atoms in total. The molecule has 2 aromatic rings. The molecule has 0 spiro atoms. The zero-order valence-corrected chi connectivity index (χ0v) is 13.3. The van der Waals surface area contributed by atoms with Crippen LogP contribution in [-0.2, 0) is 22.2 Å². The Morgan fingerprint density at radius 2 is 2.05 bits per heavy atom. The molecule has 0 unspecified atom stereocenters. The zero-order valence-electron chi connectivity index (χ0n) is 12.5. The van der Waals surface area contributed by atoms with Crippen molar-refractivity contribution >= 4 is 20.9 Å². The van der Waals surface area contributed by atoms with Crippen LogP contribution in [0.3, 0.4) is 0 Å². The SMILES string of the molecule is CNS(=O)(=O)Cc1ccc2c(c1)c(CCN(C)C)cn2[O-]. The van der Waals surface area contributed by atoms with E-state index in [-0.39, 0.29) is 5.75 Å². The molecule has 0 saturated heterocycles. The minimum atomic E-state index is -3.32. The number of hydrogen-bond donors (Lipinski definition) is 1. The van der Waals surface area contributed by atoms with Gasteiger partial charge in [-0.2, -0.15) is 0 Å². The van der Waals surface area contributed by atoms with Gasteiger partial charge >= 0.3 is 0 Å². The molecule has 0 aliphatic heterocycles. The largest absolute Gasteiger partial charge is 0.806 e. The van der Waals surface area contributed by atoms with Crippen molar-refractivity contribution in [3.8, 4) is 0 Å². The minimum absolute atomic E-state index is 0.0867. The van der Waals surface area contributed by atoms with Crippen molar-refractivity contribution in [1.29, 1.82) is 0 Å². The Kier molecular flexibility index (Phi) is 4.55. The van der Waals surface area contributed by atoms with Gasteiger partial charge in [0.1, 0.15) is 0 Å². The number of likely N-dealkylation sites (N-methyl/N-ethyl adjacent to an activating group) is 1. The third-order valence-corrected chi connectivity index (χ3v) is 4.75. The lowest BCUT2D eigenvalue weighted by molar-refractivity contribution is 0.414. The average Bonchev–Trinajstić information content (AvgIpc) is 2.72. The second-order valence-electron chi connectivity index (χ2n) is 5.35. The molecule has 7 heteroatoms. The van der Waals surface area contributed by atoms with Crippen molar-refractivity contribution in [2.24, 2.45) is 0 Å². The van der Waals surface area contributed by atoms with Crippen molar-refractivity contribution in [1.82, 2.24) is 14.4 Å². The van der Waals surface area contributed by atoms with Crippen LogP contribution in [0.5, 0.6) is 0 Å². The van der Waals surface area contributed by atoms with E-state index >= 15 is 0 Å². The van der Waals surface area contributed by atoms with Crippen molar-refractivity contribution in [2.75, 3.05) is 27.7 Å². The third kappa shape index (κ3) is 3.75. The lowest BCUT2D eigenvalue weighted by Crippen LogP contribution is -2.20. The fourth-order valence-corrected chi connectivity index (χ4v) is 3.00. The molecule has 1 N–H and O–H groups in total. The Morgan fingerprint density at radius 3 is 2.67 bits per heavy atom. The van der Waals surface area contributed by atoms with Gasteiger partial charge in [-0.1, -0.05) is 6.07 Å². The summed E-state index contributed by atoms with van der Waals surface area (Å²) in [5, 5.41) is 12.7. The Morgan fingerprint density at radius 1 is 1.33 bits per heavy atom. The Bertz CT molecular complexity index is 735.